The van der Waals surface area contributed by atoms with Crippen LogP contribution in [-0.4, -0.2) is 36.6 Å². The van der Waals surface area contributed by atoms with Crippen LogP contribution in [0.2, 0.25) is 0 Å². The van der Waals surface area contributed by atoms with Crippen molar-refractivity contribution in [3.05, 3.63) is 72.5 Å². The van der Waals surface area contributed by atoms with E-state index < -0.39 is 0 Å². The van der Waals surface area contributed by atoms with E-state index in [1.807, 2.05) is 66.1 Å². The Morgan fingerprint density at radius 2 is 1.85 bits per heavy atom. The number of nitrogens with one attached hydrogen (secondary N) is 1. The molecule has 9 heteroatoms. The third-order valence-corrected chi connectivity index (χ3v) is 6.25. The molecule has 3 heterocycles. The summed E-state index contributed by atoms with van der Waals surface area (Å²) < 4.78 is 7.01. The summed E-state index contributed by atoms with van der Waals surface area (Å²) in [5.74, 6) is 1.77. The van der Waals surface area contributed by atoms with E-state index in [2.05, 4.69) is 26.7 Å². The Balaban J connectivity index is 1.47. The predicted octanol–water partition coefficient (Wildman–Crippen LogP) is 5.21. The van der Waals surface area contributed by atoms with Crippen molar-refractivity contribution in [2.24, 2.45) is 0 Å². The molecule has 0 saturated carbocycles. The Kier molecular flexibility index (Phi) is 6.09. The van der Waals surface area contributed by atoms with Crippen molar-refractivity contribution in [2.45, 2.75) is 25.5 Å². The smallest absolute Gasteiger partial charge is 0.236 e. The quantitative estimate of drug-likeness (QED) is 0.326. The van der Waals surface area contributed by atoms with Crippen molar-refractivity contribution < 1.29 is 9.32 Å². The second kappa shape index (κ2) is 9.48. The minimum Gasteiger partial charge on any atom is -0.360 e. The highest BCUT2D eigenvalue weighted by atomic mass is 32.2. The second-order valence-corrected chi connectivity index (χ2v) is 8.59. The number of carbonyl (C=O) groups is 1. The number of nitrogens with zero attached hydrogens (tertiary/aromatic N) is 5. The molecule has 0 aliphatic heterocycles. The van der Waals surface area contributed by atoms with Gasteiger partial charge in [-0.2, -0.15) is 0 Å². The summed E-state index contributed by atoms with van der Waals surface area (Å²) in [5, 5.41) is 17.1. The molecule has 170 valence electrons. The van der Waals surface area contributed by atoms with Crippen LogP contribution in [0.5, 0.6) is 0 Å². The number of hydrogen-bond donors (Lipinski definition) is 1. The number of anilines is 1. The van der Waals surface area contributed by atoms with Crippen LogP contribution in [0.15, 0.2) is 76.4 Å². The third kappa shape index (κ3) is 4.42. The molecule has 0 aliphatic carbocycles. The zero-order valence-corrected chi connectivity index (χ0v) is 19.5. The molecule has 5 rings (SSSR count). The van der Waals surface area contributed by atoms with Gasteiger partial charge in [0.05, 0.1) is 17.0 Å². The zero-order valence-electron chi connectivity index (χ0n) is 18.7. The lowest BCUT2D eigenvalue weighted by Crippen LogP contribution is -2.14. The number of pyridine rings is 1. The molecule has 2 aromatic carbocycles. The molecular weight excluding hydrogens is 448 g/mol. The predicted molar refractivity (Wildman–Crippen MR) is 132 cm³/mol. The molecule has 0 bridgehead atoms. The fourth-order valence-electron chi connectivity index (χ4n) is 3.73. The van der Waals surface area contributed by atoms with Gasteiger partial charge in [-0.1, -0.05) is 65.4 Å². The number of benzene rings is 2. The van der Waals surface area contributed by atoms with E-state index in [9.17, 15) is 4.79 Å². The molecule has 3 aromatic heterocycles. The lowest BCUT2D eigenvalue weighted by atomic mass is 10.0. The van der Waals surface area contributed by atoms with Gasteiger partial charge in [0.25, 0.3) is 0 Å². The lowest BCUT2D eigenvalue weighted by Gasteiger charge is -2.11. The van der Waals surface area contributed by atoms with E-state index in [4.69, 9.17) is 9.51 Å². The molecule has 0 atom stereocenters. The summed E-state index contributed by atoms with van der Waals surface area (Å²) in [6, 6.07) is 21.8. The summed E-state index contributed by atoms with van der Waals surface area (Å²) >= 11 is 1.33. The first kappa shape index (κ1) is 21.8. The summed E-state index contributed by atoms with van der Waals surface area (Å²) in [5.41, 5.74) is 3.75. The van der Waals surface area contributed by atoms with Crippen LogP contribution in [-0.2, 0) is 11.3 Å². The van der Waals surface area contributed by atoms with Gasteiger partial charge < -0.3 is 14.4 Å². The molecule has 0 aliphatic rings. The van der Waals surface area contributed by atoms with Gasteiger partial charge in [0.15, 0.2) is 16.8 Å². The van der Waals surface area contributed by atoms with E-state index in [0.29, 0.717) is 23.3 Å². The average Bonchev–Trinajstić information content (AvgIpc) is 3.47. The Morgan fingerprint density at radius 1 is 1.06 bits per heavy atom. The zero-order chi connectivity index (χ0) is 23.5. The minimum atomic E-state index is -0.189. The van der Waals surface area contributed by atoms with Gasteiger partial charge in [0, 0.05) is 29.1 Å². The SMILES string of the molecule is CCn1c(SCC(=O)Nc2cc(C)on2)nnc1-c1cc(-c2ccccc2)nc2ccccc12. The number of rotatable bonds is 7. The van der Waals surface area contributed by atoms with Crippen LogP contribution < -0.4 is 5.32 Å². The number of thioether (sulfide) groups is 1. The highest BCUT2D eigenvalue weighted by molar-refractivity contribution is 7.99. The number of carbonyl (C=O) groups excluding carboxylic acids is 1. The van der Waals surface area contributed by atoms with Crippen molar-refractivity contribution in [3.63, 3.8) is 0 Å². The second-order valence-electron chi connectivity index (χ2n) is 7.65. The van der Waals surface area contributed by atoms with Crippen LogP contribution in [0, 0.1) is 6.92 Å². The normalized spacial score (nSPS) is 11.1. The van der Waals surface area contributed by atoms with Gasteiger partial charge >= 0.3 is 0 Å². The van der Waals surface area contributed by atoms with E-state index in [1.54, 1.807) is 13.0 Å². The maximum absolute atomic E-state index is 12.4. The summed E-state index contributed by atoms with van der Waals surface area (Å²) in [6.45, 7) is 4.47. The Morgan fingerprint density at radius 3 is 2.62 bits per heavy atom. The molecule has 0 saturated heterocycles. The Labute approximate surface area is 200 Å². The fourth-order valence-corrected chi connectivity index (χ4v) is 4.53. The Hall–Kier alpha value is -3.98. The van der Waals surface area contributed by atoms with Gasteiger partial charge in [0.2, 0.25) is 5.91 Å². The first-order chi connectivity index (χ1) is 16.6. The molecule has 1 amide bonds. The highest BCUT2D eigenvalue weighted by Crippen LogP contribution is 2.33. The van der Waals surface area contributed by atoms with E-state index >= 15 is 0 Å². The molecule has 0 spiro atoms. The molecule has 5 aromatic rings. The first-order valence-corrected chi connectivity index (χ1v) is 11.9. The maximum Gasteiger partial charge on any atom is 0.236 e. The molecule has 0 fully saturated rings. The van der Waals surface area contributed by atoms with Crippen molar-refractivity contribution in [3.8, 4) is 22.6 Å². The minimum absolute atomic E-state index is 0.177. The van der Waals surface area contributed by atoms with Gasteiger partial charge in [-0.25, -0.2) is 4.98 Å². The van der Waals surface area contributed by atoms with Crippen molar-refractivity contribution in [2.75, 3.05) is 11.1 Å². The lowest BCUT2D eigenvalue weighted by molar-refractivity contribution is -0.113. The number of aryl methyl sites for hydroxylation is 1. The van der Waals surface area contributed by atoms with Crippen LogP contribution in [0.25, 0.3) is 33.5 Å². The number of para-hydroxylation sites is 1. The monoisotopic (exact) mass is 470 g/mol. The average molecular weight is 471 g/mol. The van der Waals surface area contributed by atoms with Crippen LogP contribution in [0.4, 0.5) is 5.82 Å². The first-order valence-electron chi connectivity index (χ1n) is 10.9. The molecular formula is C25H22N6O2S. The number of hydrogen-bond acceptors (Lipinski definition) is 7. The molecule has 34 heavy (non-hydrogen) atoms. The maximum atomic E-state index is 12.4. The van der Waals surface area contributed by atoms with Gasteiger partial charge in [-0.05, 0) is 26.0 Å². The van der Waals surface area contributed by atoms with E-state index in [0.717, 1.165) is 33.5 Å². The molecule has 0 unspecified atom stereocenters. The van der Waals surface area contributed by atoms with Gasteiger partial charge in [0.1, 0.15) is 5.76 Å². The van der Waals surface area contributed by atoms with Crippen LogP contribution in [0.1, 0.15) is 12.7 Å². The van der Waals surface area contributed by atoms with Gasteiger partial charge in [-0.3, -0.25) is 4.79 Å². The van der Waals surface area contributed by atoms with Gasteiger partial charge in [-0.15, -0.1) is 10.2 Å². The van der Waals surface area contributed by atoms with Crippen LogP contribution >= 0.6 is 11.8 Å². The van der Waals surface area contributed by atoms with Crippen molar-refractivity contribution in [1.82, 2.24) is 24.9 Å². The number of aromatic nitrogens is 5. The molecule has 1 N–H and O–H groups in total. The summed E-state index contributed by atoms with van der Waals surface area (Å²) in [7, 11) is 0. The topological polar surface area (TPSA) is 98.7 Å². The summed E-state index contributed by atoms with van der Waals surface area (Å²) in [4.78, 5) is 17.2. The van der Waals surface area contributed by atoms with Crippen LogP contribution in [0.3, 0.4) is 0 Å². The van der Waals surface area contributed by atoms with E-state index in [-0.39, 0.29) is 11.7 Å². The largest absolute Gasteiger partial charge is 0.360 e. The number of amides is 1. The Bertz CT molecular complexity index is 1460. The van der Waals surface area contributed by atoms with E-state index in [1.165, 1.54) is 11.8 Å². The highest BCUT2D eigenvalue weighted by Gasteiger charge is 2.18. The molecule has 0 radical (unpaired) electrons. The molecule has 8 nitrogen and oxygen atoms in total. The number of fused-ring (bicyclic) bond motifs is 1. The standard InChI is InChI=1S/C25H22N6O2S/c1-3-31-24(28-29-25(31)34-15-23(32)27-22-13-16(2)33-30-22)19-14-21(17-9-5-4-6-10-17)26-20-12-8-7-11-18(19)20/h4-14H,3,15H2,1-2H3,(H,27,30,32). The fraction of sp³-hybridized carbons (Fsp3) is 0.160. The summed E-state index contributed by atoms with van der Waals surface area (Å²) in [6.07, 6.45) is 0. The third-order valence-electron chi connectivity index (χ3n) is 5.29. The van der Waals surface area contributed by atoms with Crippen molar-refractivity contribution in [1.29, 1.82) is 0 Å². The van der Waals surface area contributed by atoms with Crippen molar-refractivity contribution >= 4 is 34.4 Å².